The van der Waals surface area contributed by atoms with Crippen LogP contribution in [-0.2, 0) is 14.4 Å². The zero-order valence-electron chi connectivity index (χ0n) is 17.2. The predicted molar refractivity (Wildman–Crippen MR) is 110 cm³/mol. The second-order valence-corrected chi connectivity index (χ2v) is 8.15. The van der Waals surface area contributed by atoms with Gasteiger partial charge in [0.25, 0.3) is 0 Å². The molecular weight excluding hydrogens is 386 g/mol. The van der Waals surface area contributed by atoms with Gasteiger partial charge in [-0.3, -0.25) is 14.4 Å². The summed E-state index contributed by atoms with van der Waals surface area (Å²) < 4.78 is 11.1. The maximum absolute atomic E-state index is 12.5. The van der Waals surface area contributed by atoms with E-state index < -0.39 is 5.92 Å². The highest BCUT2D eigenvalue weighted by Gasteiger charge is 2.35. The third-order valence-electron chi connectivity index (χ3n) is 6.03. The first-order valence-electron chi connectivity index (χ1n) is 10.9. The summed E-state index contributed by atoms with van der Waals surface area (Å²) in [6.07, 6.45) is 5.53. The number of benzene rings is 1. The highest BCUT2D eigenvalue weighted by atomic mass is 16.6. The summed E-state index contributed by atoms with van der Waals surface area (Å²) in [6.45, 7) is 2.10. The molecule has 1 unspecified atom stereocenters. The fraction of sp³-hybridized carbons (Fsp3) is 0.591. The molecule has 0 spiro atoms. The van der Waals surface area contributed by atoms with Gasteiger partial charge in [0.15, 0.2) is 11.5 Å². The Hall–Kier alpha value is -2.77. The summed E-state index contributed by atoms with van der Waals surface area (Å²) in [7, 11) is 0. The number of ether oxygens (including phenoxy) is 2. The summed E-state index contributed by atoms with van der Waals surface area (Å²) in [5.74, 6) is 0.841. The average Bonchev–Trinajstić information content (AvgIpc) is 3.18. The van der Waals surface area contributed by atoms with Crippen molar-refractivity contribution < 1.29 is 23.9 Å². The summed E-state index contributed by atoms with van der Waals surface area (Å²) in [4.78, 5) is 38.7. The second kappa shape index (κ2) is 9.36. The quantitative estimate of drug-likeness (QED) is 0.689. The number of amides is 3. The molecule has 2 heterocycles. The van der Waals surface area contributed by atoms with Crippen LogP contribution in [0.1, 0.15) is 38.5 Å². The van der Waals surface area contributed by atoms with Crippen molar-refractivity contribution in [3.8, 4) is 11.5 Å². The van der Waals surface area contributed by atoms with Crippen LogP contribution in [0.25, 0.3) is 0 Å². The van der Waals surface area contributed by atoms with Gasteiger partial charge >= 0.3 is 0 Å². The smallest absolute Gasteiger partial charge is 0.227 e. The highest BCUT2D eigenvalue weighted by molar-refractivity contribution is 6.00. The van der Waals surface area contributed by atoms with Crippen molar-refractivity contribution in [3.63, 3.8) is 0 Å². The third-order valence-corrected chi connectivity index (χ3v) is 6.03. The van der Waals surface area contributed by atoms with Gasteiger partial charge in [-0.1, -0.05) is 19.3 Å². The van der Waals surface area contributed by atoms with E-state index in [4.69, 9.17) is 9.47 Å². The highest BCUT2D eigenvalue weighted by Crippen LogP contribution is 2.36. The van der Waals surface area contributed by atoms with Crippen LogP contribution in [0.2, 0.25) is 0 Å². The minimum absolute atomic E-state index is 0.0857. The van der Waals surface area contributed by atoms with Crippen molar-refractivity contribution in [2.24, 2.45) is 11.8 Å². The Kier molecular flexibility index (Phi) is 6.40. The Balaban J connectivity index is 1.23. The second-order valence-electron chi connectivity index (χ2n) is 8.15. The fourth-order valence-corrected chi connectivity index (χ4v) is 4.36. The Bertz CT molecular complexity index is 806. The number of hydrogen-bond donors (Lipinski definition) is 2. The zero-order chi connectivity index (χ0) is 20.9. The Labute approximate surface area is 176 Å². The van der Waals surface area contributed by atoms with Gasteiger partial charge in [0.2, 0.25) is 17.7 Å². The fourth-order valence-electron chi connectivity index (χ4n) is 4.36. The Morgan fingerprint density at radius 2 is 1.60 bits per heavy atom. The van der Waals surface area contributed by atoms with E-state index in [1.54, 1.807) is 17.0 Å². The first-order chi connectivity index (χ1) is 14.6. The summed E-state index contributed by atoms with van der Waals surface area (Å²) in [5, 5.41) is 5.76. The average molecular weight is 415 g/mol. The molecule has 0 aromatic heterocycles. The lowest BCUT2D eigenvalue weighted by Gasteiger charge is -2.22. The Morgan fingerprint density at radius 1 is 0.933 bits per heavy atom. The van der Waals surface area contributed by atoms with E-state index in [1.807, 2.05) is 6.07 Å². The number of nitrogens with zero attached hydrogens (tertiary/aromatic N) is 1. The Morgan fingerprint density at radius 3 is 2.33 bits per heavy atom. The molecule has 8 nitrogen and oxygen atoms in total. The van der Waals surface area contributed by atoms with Gasteiger partial charge in [-0.2, -0.15) is 0 Å². The topological polar surface area (TPSA) is 97.0 Å². The van der Waals surface area contributed by atoms with E-state index in [2.05, 4.69) is 10.6 Å². The molecule has 4 rings (SSSR count). The largest absolute Gasteiger partial charge is 0.486 e. The van der Waals surface area contributed by atoms with Crippen molar-refractivity contribution in [2.45, 2.75) is 38.5 Å². The molecule has 30 heavy (non-hydrogen) atoms. The molecule has 2 fully saturated rings. The van der Waals surface area contributed by atoms with E-state index in [0.29, 0.717) is 50.0 Å². The number of rotatable bonds is 6. The van der Waals surface area contributed by atoms with Crippen molar-refractivity contribution in [1.82, 2.24) is 10.6 Å². The molecule has 1 saturated carbocycles. The standard InChI is InChI=1S/C22H29N3O5/c26-20-12-16(14-25(20)17-6-7-18-19(13-17)30-11-10-29-18)22(28)24-9-8-23-21(27)15-4-2-1-3-5-15/h6-7,13,15-16H,1-5,8-12,14H2,(H,23,27)(H,24,28). The van der Waals surface area contributed by atoms with E-state index in [0.717, 1.165) is 25.7 Å². The minimum Gasteiger partial charge on any atom is -0.486 e. The van der Waals surface area contributed by atoms with Crippen LogP contribution in [0, 0.1) is 11.8 Å². The molecular formula is C22H29N3O5. The van der Waals surface area contributed by atoms with E-state index >= 15 is 0 Å². The van der Waals surface area contributed by atoms with Crippen molar-refractivity contribution >= 4 is 23.4 Å². The van der Waals surface area contributed by atoms with Crippen LogP contribution in [0.4, 0.5) is 5.69 Å². The van der Waals surface area contributed by atoms with Gasteiger partial charge in [-0.25, -0.2) is 0 Å². The van der Waals surface area contributed by atoms with Gasteiger partial charge in [-0.15, -0.1) is 0 Å². The molecule has 1 aliphatic carbocycles. The lowest BCUT2D eigenvalue weighted by Crippen LogP contribution is -2.40. The van der Waals surface area contributed by atoms with Crippen LogP contribution in [0.5, 0.6) is 11.5 Å². The lowest BCUT2D eigenvalue weighted by atomic mass is 9.89. The number of carbonyl (C=O) groups excluding carboxylic acids is 3. The number of hydrogen-bond acceptors (Lipinski definition) is 5. The SMILES string of the molecule is O=C(NCCNC(=O)C1CC(=O)N(c2ccc3c(c2)OCCO3)C1)C1CCCCC1. The van der Waals surface area contributed by atoms with Gasteiger partial charge in [-0.05, 0) is 25.0 Å². The predicted octanol–water partition coefficient (Wildman–Crippen LogP) is 1.62. The third kappa shape index (κ3) is 4.68. The van der Waals surface area contributed by atoms with Gasteiger partial charge in [0, 0.05) is 43.7 Å². The maximum Gasteiger partial charge on any atom is 0.227 e. The molecule has 0 bridgehead atoms. The normalized spacial score (nSPS) is 21.4. The molecule has 8 heteroatoms. The van der Waals surface area contributed by atoms with Crippen LogP contribution < -0.4 is 25.0 Å². The summed E-state index contributed by atoms with van der Waals surface area (Å²) in [5.41, 5.74) is 0.708. The monoisotopic (exact) mass is 415 g/mol. The van der Waals surface area contributed by atoms with Gasteiger partial charge < -0.3 is 25.0 Å². The van der Waals surface area contributed by atoms with Gasteiger partial charge in [0.05, 0.1) is 5.92 Å². The number of fused-ring (bicyclic) bond motifs is 1. The van der Waals surface area contributed by atoms with Crippen molar-refractivity contribution in [3.05, 3.63) is 18.2 Å². The first kappa shape index (κ1) is 20.5. The van der Waals surface area contributed by atoms with Crippen LogP contribution in [-0.4, -0.2) is 50.6 Å². The van der Waals surface area contributed by atoms with E-state index in [-0.39, 0.29) is 30.1 Å². The number of carbonyl (C=O) groups is 3. The molecule has 162 valence electrons. The first-order valence-corrected chi connectivity index (χ1v) is 10.9. The molecule has 3 amide bonds. The molecule has 2 N–H and O–H groups in total. The molecule has 3 aliphatic rings. The van der Waals surface area contributed by atoms with Gasteiger partial charge in [0.1, 0.15) is 13.2 Å². The maximum atomic E-state index is 12.5. The molecule has 1 aromatic rings. The molecule has 1 saturated heterocycles. The lowest BCUT2D eigenvalue weighted by molar-refractivity contribution is -0.127. The van der Waals surface area contributed by atoms with E-state index in [9.17, 15) is 14.4 Å². The molecule has 2 aliphatic heterocycles. The molecule has 1 aromatic carbocycles. The summed E-state index contributed by atoms with van der Waals surface area (Å²) in [6, 6.07) is 5.39. The minimum atomic E-state index is -0.403. The van der Waals surface area contributed by atoms with Crippen molar-refractivity contribution in [2.75, 3.05) is 37.7 Å². The molecule has 1 atom stereocenters. The number of nitrogens with one attached hydrogen (secondary N) is 2. The van der Waals surface area contributed by atoms with Crippen LogP contribution >= 0.6 is 0 Å². The number of anilines is 1. The molecule has 0 radical (unpaired) electrons. The van der Waals surface area contributed by atoms with Crippen molar-refractivity contribution in [1.29, 1.82) is 0 Å². The van der Waals surface area contributed by atoms with E-state index in [1.165, 1.54) is 6.42 Å². The van der Waals surface area contributed by atoms with Crippen LogP contribution in [0.3, 0.4) is 0 Å². The summed E-state index contributed by atoms with van der Waals surface area (Å²) >= 11 is 0. The zero-order valence-corrected chi connectivity index (χ0v) is 17.2. The van der Waals surface area contributed by atoms with Crippen LogP contribution in [0.15, 0.2) is 18.2 Å².